The van der Waals surface area contributed by atoms with Crippen molar-refractivity contribution in [1.29, 1.82) is 0 Å². The second-order valence-electron chi connectivity index (χ2n) is 8.60. The molecule has 156 valence electrons. The Kier molecular flexibility index (Phi) is 5.55. The molecule has 0 aromatic heterocycles. The lowest BCUT2D eigenvalue weighted by Gasteiger charge is -2.48. The molecule has 0 spiro atoms. The topological polar surface area (TPSA) is 74.6 Å². The summed E-state index contributed by atoms with van der Waals surface area (Å²) in [4.78, 5) is 23.1. The first-order valence-electron chi connectivity index (χ1n) is 10.2. The normalized spacial score (nSPS) is 28.3. The van der Waals surface area contributed by atoms with Gasteiger partial charge in [0.2, 0.25) is 5.70 Å². The molecule has 2 N–H and O–H groups in total. The molecule has 2 aromatic carbocycles. The lowest BCUT2D eigenvalue weighted by molar-refractivity contribution is -0.876. The summed E-state index contributed by atoms with van der Waals surface area (Å²) in [7, 11) is 1.85. The summed E-state index contributed by atoms with van der Waals surface area (Å²) in [6.45, 7) is 1.22. The number of benzene rings is 2. The van der Waals surface area contributed by atoms with Gasteiger partial charge in [-0.2, -0.15) is 0 Å². The van der Waals surface area contributed by atoms with E-state index in [0.717, 1.165) is 23.4 Å². The van der Waals surface area contributed by atoms with Gasteiger partial charge in [0.15, 0.2) is 0 Å². The van der Waals surface area contributed by atoms with Gasteiger partial charge in [-0.15, -0.1) is 0 Å². The van der Waals surface area contributed by atoms with Gasteiger partial charge in [-0.25, -0.2) is 9.59 Å². The molecule has 1 aliphatic heterocycles. The van der Waals surface area contributed by atoms with Gasteiger partial charge in [0, 0.05) is 22.7 Å². The number of quaternary nitrogens is 1. The predicted molar refractivity (Wildman–Crippen MR) is 117 cm³/mol. The maximum absolute atomic E-state index is 11.9. The van der Waals surface area contributed by atoms with Gasteiger partial charge < -0.3 is 10.2 Å². The Morgan fingerprint density at radius 1 is 1.07 bits per heavy atom. The van der Waals surface area contributed by atoms with E-state index >= 15 is 0 Å². The summed E-state index contributed by atoms with van der Waals surface area (Å²) in [5.41, 5.74) is 3.82. The molecule has 30 heavy (non-hydrogen) atoms. The highest BCUT2D eigenvalue weighted by Gasteiger charge is 2.47. The highest BCUT2D eigenvalue weighted by molar-refractivity contribution is 9.10. The number of fused-ring (bicyclic) bond motifs is 3. The molecule has 0 radical (unpaired) electrons. The summed E-state index contributed by atoms with van der Waals surface area (Å²) in [6.07, 6.45) is 2.75. The Hall–Kier alpha value is -2.44. The molecule has 0 bridgehead atoms. The van der Waals surface area contributed by atoms with Crippen LogP contribution < -0.4 is 0 Å². The van der Waals surface area contributed by atoms with Gasteiger partial charge in [0.1, 0.15) is 0 Å². The number of likely N-dealkylation sites (tertiary alicyclic amines) is 1. The Bertz CT molecular complexity index is 1020. The number of carbonyl (C=O) groups is 2. The Morgan fingerprint density at radius 2 is 1.73 bits per heavy atom. The minimum Gasteiger partial charge on any atom is -0.478 e. The number of piperidine rings is 1. The van der Waals surface area contributed by atoms with Crippen LogP contribution in [-0.4, -0.2) is 46.8 Å². The Labute approximate surface area is 184 Å². The molecular weight excluding hydrogens is 446 g/mol. The molecule has 4 unspecified atom stereocenters. The van der Waals surface area contributed by atoms with E-state index < -0.39 is 11.9 Å². The summed E-state index contributed by atoms with van der Waals surface area (Å²) < 4.78 is 1.20. The SMILES string of the molecule is C[N+]1(C(=CC(=O)O)C(=O)O)CCC2CC(c3ccc(Br)cc3)c3ccccc3C2C1. The number of nitrogens with zero attached hydrogens (tertiary/aromatic N) is 1. The van der Waals surface area contributed by atoms with Gasteiger partial charge in [-0.3, -0.25) is 4.48 Å². The summed E-state index contributed by atoms with van der Waals surface area (Å²) in [5, 5.41) is 18.9. The standard InChI is InChI=1S/C24H24BrNO4/c1-26(22(24(29)30)13-23(27)28)11-10-16-12-20(15-6-8-17(25)9-7-15)18-4-2-3-5-19(18)21(16)14-26/h2-9,13,16,20-21H,10-12,14H2,1H3,(H-,27,28,29,30)/p+1. The number of hydrogen-bond donors (Lipinski definition) is 2. The smallest absolute Gasteiger partial charge is 0.390 e. The molecule has 1 aliphatic carbocycles. The van der Waals surface area contributed by atoms with Crippen molar-refractivity contribution in [2.24, 2.45) is 5.92 Å². The number of carboxylic acid groups (broad SMARTS) is 2. The fourth-order valence-corrected chi connectivity index (χ4v) is 5.62. The average Bonchev–Trinajstić information content (AvgIpc) is 2.72. The molecule has 6 heteroatoms. The van der Waals surface area contributed by atoms with Crippen molar-refractivity contribution >= 4 is 27.9 Å². The van der Waals surface area contributed by atoms with Crippen LogP contribution >= 0.6 is 15.9 Å². The fourth-order valence-electron chi connectivity index (χ4n) is 5.35. The molecule has 2 aromatic rings. The lowest BCUT2D eigenvalue weighted by atomic mass is 9.65. The van der Waals surface area contributed by atoms with E-state index in [9.17, 15) is 19.8 Å². The third-order valence-corrected chi connectivity index (χ3v) is 7.33. The molecule has 5 nitrogen and oxygen atoms in total. The van der Waals surface area contributed by atoms with Crippen LogP contribution in [0.3, 0.4) is 0 Å². The third kappa shape index (κ3) is 3.82. The van der Waals surface area contributed by atoms with Crippen LogP contribution in [-0.2, 0) is 9.59 Å². The highest BCUT2D eigenvalue weighted by atomic mass is 79.9. The van der Waals surface area contributed by atoms with Gasteiger partial charge in [-0.05, 0) is 41.2 Å². The van der Waals surface area contributed by atoms with E-state index in [1.165, 1.54) is 16.7 Å². The van der Waals surface area contributed by atoms with Crippen LogP contribution in [0.25, 0.3) is 0 Å². The van der Waals surface area contributed by atoms with Crippen molar-refractivity contribution in [3.05, 3.63) is 81.5 Å². The van der Waals surface area contributed by atoms with Gasteiger partial charge >= 0.3 is 11.9 Å². The van der Waals surface area contributed by atoms with E-state index in [4.69, 9.17) is 0 Å². The number of aliphatic carboxylic acids is 2. The number of hydrogen-bond acceptors (Lipinski definition) is 2. The number of rotatable bonds is 4. The van der Waals surface area contributed by atoms with Crippen LogP contribution in [0.1, 0.15) is 41.4 Å². The number of likely N-dealkylation sites (N-methyl/N-ethyl adjacent to an activating group) is 1. The van der Waals surface area contributed by atoms with Crippen LogP contribution in [0.15, 0.2) is 64.8 Å². The largest absolute Gasteiger partial charge is 0.478 e. The highest BCUT2D eigenvalue weighted by Crippen LogP contribution is 2.50. The van der Waals surface area contributed by atoms with Crippen molar-refractivity contribution in [2.45, 2.75) is 24.7 Å². The molecule has 0 amide bonds. The van der Waals surface area contributed by atoms with Crippen molar-refractivity contribution in [2.75, 3.05) is 20.1 Å². The fraction of sp³-hybridized carbons (Fsp3) is 0.333. The van der Waals surface area contributed by atoms with Crippen LogP contribution in [0.4, 0.5) is 0 Å². The van der Waals surface area contributed by atoms with E-state index in [2.05, 4.69) is 58.4 Å². The van der Waals surface area contributed by atoms with Crippen molar-refractivity contribution in [3.8, 4) is 0 Å². The minimum absolute atomic E-state index is 0.0477. The molecule has 2 aliphatic rings. The maximum Gasteiger partial charge on any atom is 0.390 e. The summed E-state index contributed by atoms with van der Waals surface area (Å²) in [5.74, 6) is -1.40. The first kappa shape index (κ1) is 20.8. The zero-order chi connectivity index (χ0) is 21.5. The van der Waals surface area contributed by atoms with Crippen molar-refractivity contribution in [1.82, 2.24) is 0 Å². The van der Waals surface area contributed by atoms with Gasteiger partial charge in [0.25, 0.3) is 0 Å². The molecule has 1 saturated heterocycles. The van der Waals surface area contributed by atoms with Crippen LogP contribution in [0.5, 0.6) is 0 Å². The van der Waals surface area contributed by atoms with Crippen molar-refractivity contribution in [3.63, 3.8) is 0 Å². The first-order chi connectivity index (χ1) is 14.3. The Balaban J connectivity index is 1.73. The Morgan fingerprint density at radius 3 is 2.37 bits per heavy atom. The predicted octanol–water partition coefficient (Wildman–Crippen LogP) is 4.59. The minimum atomic E-state index is -1.21. The summed E-state index contributed by atoms with van der Waals surface area (Å²) in [6, 6.07) is 17.0. The quantitative estimate of drug-likeness (QED) is 0.506. The molecule has 0 saturated carbocycles. The van der Waals surface area contributed by atoms with Crippen LogP contribution in [0.2, 0.25) is 0 Å². The van der Waals surface area contributed by atoms with E-state index in [1.807, 2.05) is 13.1 Å². The van der Waals surface area contributed by atoms with Gasteiger partial charge in [0.05, 0.1) is 26.2 Å². The zero-order valence-electron chi connectivity index (χ0n) is 16.8. The van der Waals surface area contributed by atoms with Crippen molar-refractivity contribution < 1.29 is 24.3 Å². The third-order valence-electron chi connectivity index (χ3n) is 6.80. The number of carboxylic acids is 2. The molecule has 1 fully saturated rings. The molecule has 1 heterocycles. The zero-order valence-corrected chi connectivity index (χ0v) is 18.4. The summed E-state index contributed by atoms with van der Waals surface area (Å²) >= 11 is 3.51. The monoisotopic (exact) mass is 470 g/mol. The average molecular weight is 471 g/mol. The van der Waals surface area contributed by atoms with Crippen LogP contribution in [0, 0.1) is 5.92 Å². The lowest BCUT2D eigenvalue weighted by Crippen LogP contribution is -2.54. The second kappa shape index (κ2) is 8.00. The first-order valence-corrected chi connectivity index (χ1v) is 10.9. The molecule has 4 atom stereocenters. The van der Waals surface area contributed by atoms with Gasteiger partial charge in [-0.1, -0.05) is 52.3 Å². The molecule has 4 rings (SSSR count). The second-order valence-corrected chi connectivity index (χ2v) is 9.51. The molecular formula is C24H25BrNO4+. The number of halogens is 1. The van der Waals surface area contributed by atoms with E-state index in [1.54, 1.807) is 0 Å². The van der Waals surface area contributed by atoms with E-state index in [0.29, 0.717) is 24.9 Å². The van der Waals surface area contributed by atoms with E-state index in [-0.39, 0.29) is 16.1 Å². The maximum atomic E-state index is 11.9.